The maximum absolute atomic E-state index is 2.68. The molecule has 2 aliphatic rings. The first-order chi connectivity index (χ1) is 8.12. The van der Waals surface area contributed by atoms with Crippen LogP contribution < -0.4 is 0 Å². The molecule has 0 aromatic rings. The zero-order valence-corrected chi connectivity index (χ0v) is 11.9. The highest BCUT2D eigenvalue weighted by molar-refractivity contribution is 4.64. The molecule has 2 saturated heterocycles. The van der Waals surface area contributed by atoms with Crippen LogP contribution in [0.15, 0.2) is 0 Å². The second-order valence-corrected chi connectivity index (χ2v) is 6.05. The molecule has 0 N–H and O–H groups in total. The molecule has 2 heterocycles. The summed E-state index contributed by atoms with van der Waals surface area (Å²) in [4.78, 5) is 4.96. The van der Waals surface area contributed by atoms with E-state index in [4.69, 9.17) is 0 Å². The summed E-state index contributed by atoms with van der Waals surface area (Å²) in [5.74, 6) is 0. The molecule has 0 bridgehead atoms. The van der Waals surface area contributed by atoms with Crippen LogP contribution in [0.4, 0.5) is 0 Å². The Hall–Kier alpha value is -0.160. The highest BCUT2D eigenvalue weighted by Gasteiger charge is 2.41. The van der Waals surface area contributed by atoms with Crippen LogP contribution in [0.1, 0.15) is 19.3 Å². The fourth-order valence-electron chi connectivity index (χ4n) is 3.33. The smallest absolute Gasteiger partial charge is 0.153 e. The quantitative estimate of drug-likeness (QED) is 0.670. The zero-order chi connectivity index (χ0) is 12.3. The zero-order valence-electron chi connectivity index (χ0n) is 11.9. The molecule has 0 saturated carbocycles. The Labute approximate surface area is 106 Å². The minimum atomic E-state index is 1.21. The molecule has 2 rings (SSSR count). The molecule has 0 aromatic carbocycles. The number of hydrogen-bond donors (Lipinski definition) is 0. The molecule has 1 spiro atoms. The van der Waals surface area contributed by atoms with Gasteiger partial charge in [-0.2, -0.15) is 5.01 Å². The monoisotopic (exact) mass is 241 g/mol. The molecular weight excluding hydrogens is 212 g/mol. The van der Waals surface area contributed by atoms with Crippen molar-refractivity contribution >= 4 is 0 Å². The molecule has 0 radical (unpaired) electrons. The second kappa shape index (κ2) is 5.65. The van der Waals surface area contributed by atoms with Gasteiger partial charge in [0, 0.05) is 33.0 Å². The summed E-state index contributed by atoms with van der Waals surface area (Å²) in [7, 11) is 6.63. The van der Waals surface area contributed by atoms with Crippen LogP contribution in [-0.2, 0) is 0 Å². The third-order valence-electron chi connectivity index (χ3n) is 4.37. The molecule has 0 amide bonds. The molecular formula is C13H29N4+. The van der Waals surface area contributed by atoms with Crippen molar-refractivity contribution in [3.63, 3.8) is 0 Å². The third kappa shape index (κ3) is 3.19. The third-order valence-corrected chi connectivity index (χ3v) is 4.37. The Morgan fingerprint density at radius 2 is 1.82 bits per heavy atom. The average molecular weight is 241 g/mol. The predicted octanol–water partition coefficient (Wildman–Crippen LogP) is 0.669. The van der Waals surface area contributed by atoms with Crippen LogP contribution in [0.2, 0.25) is 0 Å². The summed E-state index contributed by atoms with van der Waals surface area (Å²) in [6.07, 6.45) is 4.05. The van der Waals surface area contributed by atoms with Gasteiger partial charge in [-0.15, -0.1) is 0 Å². The Balaban J connectivity index is 1.80. The summed E-state index contributed by atoms with van der Waals surface area (Å²) < 4.78 is 1.24. The summed E-state index contributed by atoms with van der Waals surface area (Å²) in [6, 6.07) is 0. The lowest BCUT2D eigenvalue weighted by Crippen LogP contribution is -2.63. The van der Waals surface area contributed by atoms with Gasteiger partial charge in [-0.05, 0) is 27.1 Å². The number of hydrogen-bond acceptors (Lipinski definition) is 3. The fraction of sp³-hybridized carbons (Fsp3) is 1.00. The lowest BCUT2D eigenvalue weighted by atomic mass is 10.2. The molecule has 0 aliphatic carbocycles. The second-order valence-electron chi connectivity index (χ2n) is 6.05. The van der Waals surface area contributed by atoms with Crippen molar-refractivity contribution in [3.8, 4) is 0 Å². The first-order valence-corrected chi connectivity index (χ1v) is 7.07. The lowest BCUT2D eigenvalue weighted by molar-refractivity contribution is -1.03. The van der Waals surface area contributed by atoms with Gasteiger partial charge in [0.25, 0.3) is 0 Å². The van der Waals surface area contributed by atoms with E-state index in [1.54, 1.807) is 0 Å². The predicted molar refractivity (Wildman–Crippen MR) is 71.5 cm³/mol. The van der Waals surface area contributed by atoms with Gasteiger partial charge in [0.05, 0.1) is 19.6 Å². The van der Waals surface area contributed by atoms with Gasteiger partial charge in [0.15, 0.2) is 6.67 Å². The summed E-state index contributed by atoms with van der Waals surface area (Å²) in [5.41, 5.74) is 0. The largest absolute Gasteiger partial charge is 0.309 e. The summed E-state index contributed by atoms with van der Waals surface area (Å²) >= 11 is 0. The first kappa shape index (κ1) is 13.3. The molecule has 0 aromatic heterocycles. The highest BCUT2D eigenvalue weighted by Crippen LogP contribution is 2.24. The van der Waals surface area contributed by atoms with Gasteiger partial charge in [-0.3, -0.25) is 4.90 Å². The van der Waals surface area contributed by atoms with Gasteiger partial charge in [-0.1, -0.05) is 0 Å². The van der Waals surface area contributed by atoms with Crippen LogP contribution in [-0.4, -0.2) is 86.5 Å². The molecule has 100 valence electrons. The van der Waals surface area contributed by atoms with Crippen molar-refractivity contribution in [1.29, 1.82) is 0 Å². The number of rotatable bonds is 4. The molecule has 2 aliphatic heterocycles. The van der Waals surface area contributed by atoms with Crippen LogP contribution >= 0.6 is 0 Å². The van der Waals surface area contributed by atoms with Crippen molar-refractivity contribution in [3.05, 3.63) is 0 Å². The van der Waals surface area contributed by atoms with Crippen molar-refractivity contribution < 1.29 is 4.59 Å². The standard InChI is InChI=1S/C13H29N4/c1-14(2)7-4-9-16-10-6-12-17(13-16)11-5-8-15(17)3/h4-13H2,1-3H3/q+1. The maximum atomic E-state index is 2.68. The Kier molecular flexibility index (Phi) is 4.42. The minimum Gasteiger partial charge on any atom is -0.309 e. The first-order valence-electron chi connectivity index (χ1n) is 7.07. The van der Waals surface area contributed by atoms with Crippen LogP contribution in [0.25, 0.3) is 0 Å². The fourth-order valence-corrected chi connectivity index (χ4v) is 3.33. The van der Waals surface area contributed by atoms with Crippen molar-refractivity contribution in [2.45, 2.75) is 19.3 Å². The molecule has 4 nitrogen and oxygen atoms in total. The Morgan fingerprint density at radius 1 is 1.12 bits per heavy atom. The SMILES string of the molecule is CN(C)CCCN1CCC[N+]2(CCCN2C)C1. The summed E-state index contributed by atoms with van der Waals surface area (Å²) in [6.45, 7) is 9.05. The van der Waals surface area contributed by atoms with E-state index in [2.05, 4.69) is 36.0 Å². The molecule has 1 atom stereocenters. The average Bonchev–Trinajstić information content (AvgIpc) is 2.60. The maximum Gasteiger partial charge on any atom is 0.153 e. The molecule has 17 heavy (non-hydrogen) atoms. The van der Waals surface area contributed by atoms with Crippen LogP contribution in [0.3, 0.4) is 0 Å². The normalized spacial score (nSPS) is 31.8. The van der Waals surface area contributed by atoms with Crippen LogP contribution in [0, 0.1) is 0 Å². The lowest BCUT2D eigenvalue weighted by Gasteiger charge is -2.45. The summed E-state index contributed by atoms with van der Waals surface area (Å²) in [5, 5.41) is 2.57. The van der Waals surface area contributed by atoms with Gasteiger partial charge < -0.3 is 4.90 Å². The molecule has 4 heteroatoms. The number of nitrogens with zero attached hydrogens (tertiary/aromatic N) is 4. The topological polar surface area (TPSA) is 9.72 Å². The Bertz CT molecular complexity index is 244. The van der Waals surface area contributed by atoms with Gasteiger partial charge >= 0.3 is 0 Å². The van der Waals surface area contributed by atoms with Gasteiger partial charge in [-0.25, -0.2) is 4.59 Å². The van der Waals surface area contributed by atoms with E-state index in [-0.39, 0.29) is 0 Å². The number of quaternary nitrogens is 1. The Morgan fingerprint density at radius 3 is 2.47 bits per heavy atom. The van der Waals surface area contributed by atoms with Crippen molar-refractivity contribution in [2.75, 3.05) is 67.1 Å². The van der Waals surface area contributed by atoms with Crippen molar-refractivity contribution in [2.24, 2.45) is 0 Å². The van der Waals surface area contributed by atoms with E-state index in [1.165, 1.54) is 69.8 Å². The van der Waals surface area contributed by atoms with E-state index in [1.807, 2.05) is 0 Å². The highest BCUT2D eigenvalue weighted by atomic mass is 15.8. The van der Waals surface area contributed by atoms with E-state index >= 15 is 0 Å². The molecule has 1 unspecified atom stereocenters. The van der Waals surface area contributed by atoms with Crippen LogP contribution in [0.5, 0.6) is 0 Å². The van der Waals surface area contributed by atoms with E-state index in [0.29, 0.717) is 0 Å². The van der Waals surface area contributed by atoms with E-state index < -0.39 is 0 Å². The van der Waals surface area contributed by atoms with Gasteiger partial charge in [0.1, 0.15) is 0 Å². The van der Waals surface area contributed by atoms with Crippen molar-refractivity contribution in [1.82, 2.24) is 14.8 Å². The van der Waals surface area contributed by atoms with Gasteiger partial charge in [0.2, 0.25) is 0 Å². The molecule has 2 fully saturated rings. The van der Waals surface area contributed by atoms with E-state index in [0.717, 1.165) is 0 Å². The minimum absolute atomic E-state index is 1.21. The van der Waals surface area contributed by atoms with E-state index in [9.17, 15) is 0 Å².